The molecule has 1 atom stereocenters. The van der Waals surface area contributed by atoms with Crippen LogP contribution in [0.5, 0.6) is 0 Å². The third kappa shape index (κ3) is 3.92. The fraction of sp³-hybridized carbons (Fsp3) is 0.333. The SMILES string of the molecule is CCNC(Cc1ccc(Cl)cc1Cl)c1ncc(C)cn1. The average Bonchev–Trinajstić information content (AvgIpc) is 2.42. The molecule has 0 aliphatic carbocycles. The topological polar surface area (TPSA) is 37.8 Å². The van der Waals surface area contributed by atoms with Crippen molar-refractivity contribution in [1.82, 2.24) is 15.3 Å². The lowest BCUT2D eigenvalue weighted by molar-refractivity contribution is 0.521. The Morgan fingerprint density at radius 2 is 1.90 bits per heavy atom. The molecule has 1 aromatic heterocycles. The van der Waals surface area contributed by atoms with Gasteiger partial charge in [0.15, 0.2) is 0 Å². The first-order chi connectivity index (χ1) is 9.60. The van der Waals surface area contributed by atoms with Crippen molar-refractivity contribution in [3.8, 4) is 0 Å². The van der Waals surface area contributed by atoms with Crippen LogP contribution in [0.4, 0.5) is 0 Å². The minimum Gasteiger partial charge on any atom is -0.307 e. The number of aromatic nitrogens is 2. The van der Waals surface area contributed by atoms with Crippen LogP contribution in [0.3, 0.4) is 0 Å². The molecule has 5 heteroatoms. The van der Waals surface area contributed by atoms with Crippen LogP contribution in [0, 0.1) is 6.92 Å². The maximum absolute atomic E-state index is 6.23. The molecule has 0 bridgehead atoms. The molecule has 0 amide bonds. The molecule has 0 aliphatic heterocycles. The van der Waals surface area contributed by atoms with Crippen molar-refractivity contribution in [1.29, 1.82) is 0 Å². The maximum Gasteiger partial charge on any atom is 0.145 e. The van der Waals surface area contributed by atoms with Gasteiger partial charge < -0.3 is 5.32 Å². The van der Waals surface area contributed by atoms with E-state index in [2.05, 4.69) is 22.2 Å². The number of benzene rings is 1. The van der Waals surface area contributed by atoms with E-state index in [9.17, 15) is 0 Å². The Labute approximate surface area is 129 Å². The molecule has 0 aliphatic rings. The molecule has 0 fully saturated rings. The first kappa shape index (κ1) is 15.2. The van der Waals surface area contributed by atoms with Crippen LogP contribution < -0.4 is 5.32 Å². The highest BCUT2D eigenvalue weighted by Crippen LogP contribution is 2.25. The van der Waals surface area contributed by atoms with Gasteiger partial charge in [-0.3, -0.25) is 0 Å². The minimum absolute atomic E-state index is 0.0410. The van der Waals surface area contributed by atoms with E-state index in [-0.39, 0.29) is 6.04 Å². The number of halogens is 2. The zero-order valence-corrected chi connectivity index (χ0v) is 13.0. The number of hydrogen-bond donors (Lipinski definition) is 1. The summed E-state index contributed by atoms with van der Waals surface area (Å²) >= 11 is 12.2. The summed E-state index contributed by atoms with van der Waals surface area (Å²) < 4.78 is 0. The fourth-order valence-corrected chi connectivity index (χ4v) is 2.48. The van der Waals surface area contributed by atoms with Gasteiger partial charge in [-0.15, -0.1) is 0 Å². The lowest BCUT2D eigenvalue weighted by Gasteiger charge is -2.17. The summed E-state index contributed by atoms with van der Waals surface area (Å²) in [6.45, 7) is 4.87. The van der Waals surface area contributed by atoms with Crippen LogP contribution in [0.25, 0.3) is 0 Å². The Morgan fingerprint density at radius 1 is 1.20 bits per heavy atom. The zero-order valence-electron chi connectivity index (χ0n) is 11.5. The van der Waals surface area contributed by atoms with E-state index in [1.54, 1.807) is 6.07 Å². The van der Waals surface area contributed by atoms with Gasteiger partial charge in [-0.25, -0.2) is 9.97 Å². The number of nitrogens with one attached hydrogen (secondary N) is 1. The highest BCUT2D eigenvalue weighted by Gasteiger charge is 2.15. The van der Waals surface area contributed by atoms with E-state index < -0.39 is 0 Å². The quantitative estimate of drug-likeness (QED) is 0.907. The number of nitrogens with zero attached hydrogens (tertiary/aromatic N) is 2. The Balaban J connectivity index is 2.22. The van der Waals surface area contributed by atoms with Crippen LogP contribution in [-0.2, 0) is 6.42 Å². The lowest BCUT2D eigenvalue weighted by atomic mass is 10.0. The van der Waals surface area contributed by atoms with Gasteiger partial charge in [0, 0.05) is 22.4 Å². The molecular formula is C15H17Cl2N3. The van der Waals surface area contributed by atoms with Gasteiger partial charge in [0.05, 0.1) is 6.04 Å². The Bertz CT molecular complexity index is 570. The molecular weight excluding hydrogens is 293 g/mol. The molecule has 20 heavy (non-hydrogen) atoms. The predicted molar refractivity (Wildman–Crippen MR) is 83.4 cm³/mol. The number of hydrogen-bond acceptors (Lipinski definition) is 3. The van der Waals surface area contributed by atoms with Crippen molar-refractivity contribution in [3.63, 3.8) is 0 Å². The minimum atomic E-state index is 0.0410. The number of likely N-dealkylation sites (N-methyl/N-ethyl adjacent to an activating group) is 1. The second kappa shape index (κ2) is 7.02. The number of rotatable bonds is 5. The summed E-state index contributed by atoms with van der Waals surface area (Å²) in [6, 6.07) is 5.60. The normalized spacial score (nSPS) is 12.4. The lowest BCUT2D eigenvalue weighted by Crippen LogP contribution is -2.25. The number of aryl methyl sites for hydroxylation is 1. The second-order valence-electron chi connectivity index (χ2n) is 4.67. The van der Waals surface area contributed by atoms with E-state index >= 15 is 0 Å². The standard InChI is InChI=1S/C15H17Cl2N3/c1-3-18-14(15-19-8-10(2)9-20-15)6-11-4-5-12(16)7-13(11)17/h4-5,7-9,14,18H,3,6H2,1-2H3. The Morgan fingerprint density at radius 3 is 2.50 bits per heavy atom. The van der Waals surface area contributed by atoms with Gasteiger partial charge >= 0.3 is 0 Å². The molecule has 2 rings (SSSR count). The van der Waals surface area contributed by atoms with Gasteiger partial charge in [0.25, 0.3) is 0 Å². The van der Waals surface area contributed by atoms with Crippen LogP contribution in [0.1, 0.15) is 29.9 Å². The molecule has 1 unspecified atom stereocenters. The van der Waals surface area contributed by atoms with Crippen LogP contribution in [-0.4, -0.2) is 16.5 Å². The van der Waals surface area contributed by atoms with Crippen molar-refractivity contribution < 1.29 is 0 Å². The fourth-order valence-electron chi connectivity index (χ4n) is 1.99. The third-order valence-electron chi connectivity index (χ3n) is 3.00. The van der Waals surface area contributed by atoms with Crippen LogP contribution in [0.15, 0.2) is 30.6 Å². The first-order valence-electron chi connectivity index (χ1n) is 6.56. The average molecular weight is 310 g/mol. The third-order valence-corrected chi connectivity index (χ3v) is 3.59. The molecule has 0 radical (unpaired) electrons. The molecule has 1 heterocycles. The molecule has 106 valence electrons. The molecule has 0 spiro atoms. The molecule has 2 aromatic rings. The van der Waals surface area contributed by atoms with E-state index in [0.717, 1.165) is 29.9 Å². The van der Waals surface area contributed by atoms with Gasteiger partial charge in [0.1, 0.15) is 5.82 Å². The molecule has 0 saturated carbocycles. The van der Waals surface area contributed by atoms with Gasteiger partial charge in [-0.1, -0.05) is 36.2 Å². The molecule has 1 N–H and O–H groups in total. The second-order valence-corrected chi connectivity index (χ2v) is 5.51. The highest BCUT2D eigenvalue weighted by atomic mass is 35.5. The van der Waals surface area contributed by atoms with Crippen molar-refractivity contribution in [2.75, 3.05) is 6.54 Å². The highest BCUT2D eigenvalue weighted by molar-refractivity contribution is 6.35. The van der Waals surface area contributed by atoms with Crippen molar-refractivity contribution in [3.05, 3.63) is 57.6 Å². The largest absolute Gasteiger partial charge is 0.307 e. The summed E-state index contributed by atoms with van der Waals surface area (Å²) in [6.07, 6.45) is 4.39. The molecule has 3 nitrogen and oxygen atoms in total. The monoisotopic (exact) mass is 309 g/mol. The van der Waals surface area contributed by atoms with E-state index in [1.807, 2.05) is 31.5 Å². The van der Waals surface area contributed by atoms with Gasteiger partial charge in [0.2, 0.25) is 0 Å². The van der Waals surface area contributed by atoms with Gasteiger partial charge in [-0.05, 0) is 43.1 Å². The van der Waals surface area contributed by atoms with Crippen molar-refractivity contribution in [2.45, 2.75) is 26.3 Å². The summed E-state index contributed by atoms with van der Waals surface area (Å²) in [7, 11) is 0. The summed E-state index contributed by atoms with van der Waals surface area (Å²) in [4.78, 5) is 8.80. The van der Waals surface area contributed by atoms with E-state index in [0.29, 0.717) is 10.0 Å². The smallest absolute Gasteiger partial charge is 0.145 e. The van der Waals surface area contributed by atoms with Crippen LogP contribution in [0.2, 0.25) is 10.0 Å². The Hall–Kier alpha value is -1.16. The van der Waals surface area contributed by atoms with Crippen molar-refractivity contribution >= 4 is 23.2 Å². The first-order valence-corrected chi connectivity index (χ1v) is 7.31. The maximum atomic E-state index is 6.23. The van der Waals surface area contributed by atoms with Crippen LogP contribution >= 0.6 is 23.2 Å². The zero-order chi connectivity index (χ0) is 14.5. The summed E-state index contributed by atoms with van der Waals surface area (Å²) in [5.41, 5.74) is 2.08. The Kier molecular flexibility index (Phi) is 5.35. The van der Waals surface area contributed by atoms with E-state index in [4.69, 9.17) is 23.2 Å². The molecule has 1 aromatic carbocycles. The predicted octanol–water partition coefficient (Wildman–Crippen LogP) is 3.99. The van der Waals surface area contributed by atoms with Crippen molar-refractivity contribution in [2.24, 2.45) is 0 Å². The summed E-state index contributed by atoms with van der Waals surface area (Å²) in [5, 5.41) is 4.71. The van der Waals surface area contributed by atoms with E-state index in [1.165, 1.54) is 0 Å². The molecule has 0 saturated heterocycles. The summed E-state index contributed by atoms with van der Waals surface area (Å²) in [5.74, 6) is 0.781. The van der Waals surface area contributed by atoms with Gasteiger partial charge in [-0.2, -0.15) is 0 Å².